The number of nitrogens with one attached hydrogen (secondary N) is 1. The molecule has 1 heterocycles. The Morgan fingerprint density at radius 1 is 1.41 bits per heavy atom. The van der Waals surface area contributed by atoms with E-state index < -0.39 is 5.60 Å². The van der Waals surface area contributed by atoms with Crippen molar-refractivity contribution >= 4 is 16.9 Å². The molecule has 0 aliphatic rings. The van der Waals surface area contributed by atoms with E-state index in [0.29, 0.717) is 5.69 Å². The fraction of sp³-hybridized carbons (Fsp3) is 0.214. The molecule has 0 amide bonds. The number of carbonyl (C=O) groups is 1. The quantitative estimate of drug-likeness (QED) is 0.648. The SMILES string of the molecule is C=CC(C)(C)OC(=O)c1cc2ccccc2[nH]1. The maximum Gasteiger partial charge on any atom is 0.355 e. The number of aromatic nitrogens is 1. The van der Waals surface area contributed by atoms with Gasteiger partial charge in [-0.25, -0.2) is 4.79 Å². The van der Waals surface area contributed by atoms with Crippen LogP contribution >= 0.6 is 0 Å². The lowest BCUT2D eigenvalue weighted by Gasteiger charge is -2.19. The van der Waals surface area contributed by atoms with Gasteiger partial charge >= 0.3 is 5.97 Å². The highest BCUT2D eigenvalue weighted by atomic mass is 16.6. The van der Waals surface area contributed by atoms with Crippen molar-refractivity contribution in [3.05, 3.63) is 48.7 Å². The molecule has 0 bridgehead atoms. The third-order valence-electron chi connectivity index (χ3n) is 2.60. The summed E-state index contributed by atoms with van der Waals surface area (Å²) in [6.07, 6.45) is 1.60. The van der Waals surface area contributed by atoms with Crippen LogP contribution in [0.4, 0.5) is 0 Å². The van der Waals surface area contributed by atoms with E-state index in [4.69, 9.17) is 4.74 Å². The number of fused-ring (bicyclic) bond motifs is 1. The van der Waals surface area contributed by atoms with Crippen LogP contribution < -0.4 is 0 Å². The summed E-state index contributed by atoms with van der Waals surface area (Å²) in [4.78, 5) is 14.9. The molecule has 0 fully saturated rings. The van der Waals surface area contributed by atoms with Gasteiger partial charge in [-0.05, 0) is 32.1 Å². The zero-order chi connectivity index (χ0) is 12.5. The Morgan fingerprint density at radius 3 is 2.76 bits per heavy atom. The van der Waals surface area contributed by atoms with Crippen LogP contribution in [-0.4, -0.2) is 16.6 Å². The molecule has 0 spiro atoms. The Bertz CT molecular complexity index is 533. The molecular formula is C14H15NO2. The lowest BCUT2D eigenvalue weighted by Crippen LogP contribution is -2.25. The van der Waals surface area contributed by atoms with Gasteiger partial charge in [-0.3, -0.25) is 0 Å². The molecule has 0 saturated heterocycles. The Morgan fingerprint density at radius 2 is 2.12 bits per heavy atom. The van der Waals surface area contributed by atoms with Crippen molar-refractivity contribution in [3.63, 3.8) is 0 Å². The Hall–Kier alpha value is -2.03. The highest BCUT2D eigenvalue weighted by Gasteiger charge is 2.20. The first-order chi connectivity index (χ1) is 8.02. The van der Waals surface area contributed by atoms with Crippen molar-refractivity contribution in [2.45, 2.75) is 19.4 Å². The van der Waals surface area contributed by atoms with Crippen LogP contribution in [-0.2, 0) is 4.74 Å². The van der Waals surface area contributed by atoms with Gasteiger partial charge < -0.3 is 9.72 Å². The second-order valence-corrected chi connectivity index (χ2v) is 4.47. The second kappa shape index (κ2) is 4.09. The first-order valence-corrected chi connectivity index (χ1v) is 5.46. The van der Waals surface area contributed by atoms with E-state index in [1.165, 1.54) is 0 Å². The topological polar surface area (TPSA) is 42.1 Å². The monoisotopic (exact) mass is 229 g/mol. The standard InChI is InChI=1S/C14H15NO2/c1-4-14(2,3)17-13(16)12-9-10-7-5-6-8-11(10)15-12/h4-9,15H,1H2,2-3H3. The summed E-state index contributed by atoms with van der Waals surface area (Å²) in [6, 6.07) is 9.50. The fourth-order valence-electron chi connectivity index (χ4n) is 1.52. The lowest BCUT2D eigenvalue weighted by molar-refractivity contribution is 0.0169. The van der Waals surface area contributed by atoms with E-state index in [1.807, 2.05) is 24.3 Å². The van der Waals surface area contributed by atoms with Crippen molar-refractivity contribution < 1.29 is 9.53 Å². The number of esters is 1. The summed E-state index contributed by atoms with van der Waals surface area (Å²) in [5.74, 6) is -0.369. The summed E-state index contributed by atoms with van der Waals surface area (Å²) in [5.41, 5.74) is 0.728. The molecule has 0 aliphatic heterocycles. The predicted molar refractivity (Wildman–Crippen MR) is 68.0 cm³/mol. The zero-order valence-electron chi connectivity index (χ0n) is 9.99. The Balaban J connectivity index is 2.28. The largest absolute Gasteiger partial charge is 0.451 e. The summed E-state index contributed by atoms with van der Waals surface area (Å²) in [7, 11) is 0. The third kappa shape index (κ3) is 2.38. The van der Waals surface area contributed by atoms with Gasteiger partial charge in [0, 0.05) is 10.9 Å². The van der Waals surface area contributed by atoms with Crippen molar-refractivity contribution in [3.8, 4) is 0 Å². The van der Waals surface area contributed by atoms with Gasteiger partial charge in [-0.15, -0.1) is 0 Å². The van der Waals surface area contributed by atoms with E-state index in [0.717, 1.165) is 10.9 Å². The number of rotatable bonds is 3. The van der Waals surface area contributed by atoms with Gasteiger partial charge in [0.1, 0.15) is 11.3 Å². The molecule has 0 atom stereocenters. The van der Waals surface area contributed by atoms with Crippen LogP contribution in [0.3, 0.4) is 0 Å². The average Bonchev–Trinajstić information content (AvgIpc) is 2.72. The van der Waals surface area contributed by atoms with Crippen molar-refractivity contribution in [2.75, 3.05) is 0 Å². The Labute approximate surface area is 100 Å². The average molecular weight is 229 g/mol. The van der Waals surface area contributed by atoms with E-state index in [9.17, 15) is 4.79 Å². The first kappa shape index (κ1) is 11.5. The number of para-hydroxylation sites is 1. The van der Waals surface area contributed by atoms with Gasteiger partial charge in [0.25, 0.3) is 0 Å². The minimum absolute atomic E-state index is 0.369. The lowest BCUT2D eigenvalue weighted by atomic mass is 10.1. The van der Waals surface area contributed by atoms with E-state index >= 15 is 0 Å². The zero-order valence-corrected chi connectivity index (χ0v) is 9.99. The van der Waals surface area contributed by atoms with E-state index in [-0.39, 0.29) is 5.97 Å². The molecule has 88 valence electrons. The maximum absolute atomic E-state index is 11.9. The molecule has 1 N–H and O–H groups in total. The van der Waals surface area contributed by atoms with Gasteiger partial charge in [0.05, 0.1) is 0 Å². The van der Waals surface area contributed by atoms with Crippen LogP contribution in [0.1, 0.15) is 24.3 Å². The molecule has 3 nitrogen and oxygen atoms in total. The molecule has 3 heteroatoms. The van der Waals surface area contributed by atoms with E-state index in [2.05, 4.69) is 11.6 Å². The summed E-state index contributed by atoms with van der Waals surface area (Å²) >= 11 is 0. The molecule has 2 aromatic rings. The van der Waals surface area contributed by atoms with E-state index in [1.54, 1.807) is 26.0 Å². The van der Waals surface area contributed by atoms with Crippen molar-refractivity contribution in [1.82, 2.24) is 4.98 Å². The smallest absolute Gasteiger partial charge is 0.355 e. The van der Waals surface area contributed by atoms with Crippen LogP contribution in [0.2, 0.25) is 0 Å². The van der Waals surface area contributed by atoms with Crippen LogP contribution in [0.25, 0.3) is 10.9 Å². The van der Waals surface area contributed by atoms with Crippen LogP contribution in [0.15, 0.2) is 43.0 Å². The number of carbonyl (C=O) groups excluding carboxylic acids is 1. The highest BCUT2D eigenvalue weighted by molar-refractivity contribution is 5.94. The first-order valence-electron chi connectivity index (χ1n) is 5.46. The number of hydrogen-bond donors (Lipinski definition) is 1. The van der Waals surface area contributed by atoms with Gasteiger partial charge in [0.15, 0.2) is 0 Å². The molecule has 0 radical (unpaired) electrons. The van der Waals surface area contributed by atoms with Gasteiger partial charge in [0.2, 0.25) is 0 Å². The highest BCUT2D eigenvalue weighted by Crippen LogP contribution is 2.18. The molecule has 0 saturated carbocycles. The molecular weight excluding hydrogens is 214 g/mol. The predicted octanol–water partition coefficient (Wildman–Crippen LogP) is 3.29. The minimum atomic E-state index is -0.658. The molecule has 0 unspecified atom stereocenters. The molecule has 17 heavy (non-hydrogen) atoms. The number of hydrogen-bond acceptors (Lipinski definition) is 2. The normalized spacial score (nSPS) is 11.4. The maximum atomic E-state index is 11.9. The minimum Gasteiger partial charge on any atom is -0.451 e. The number of ether oxygens (including phenoxy) is 1. The van der Waals surface area contributed by atoms with Crippen LogP contribution in [0.5, 0.6) is 0 Å². The third-order valence-corrected chi connectivity index (χ3v) is 2.60. The number of H-pyrrole nitrogens is 1. The molecule has 0 aliphatic carbocycles. The van der Waals surface area contributed by atoms with Gasteiger partial charge in [-0.2, -0.15) is 0 Å². The van der Waals surface area contributed by atoms with Crippen molar-refractivity contribution in [2.24, 2.45) is 0 Å². The number of aromatic amines is 1. The summed E-state index contributed by atoms with van der Waals surface area (Å²) < 4.78 is 5.31. The molecule has 1 aromatic carbocycles. The molecule has 1 aromatic heterocycles. The second-order valence-electron chi connectivity index (χ2n) is 4.47. The van der Waals surface area contributed by atoms with Crippen molar-refractivity contribution in [1.29, 1.82) is 0 Å². The summed E-state index contributed by atoms with van der Waals surface area (Å²) in [5, 5.41) is 0.996. The van der Waals surface area contributed by atoms with Gasteiger partial charge in [-0.1, -0.05) is 24.8 Å². The number of benzene rings is 1. The summed E-state index contributed by atoms with van der Waals surface area (Å²) in [6.45, 7) is 7.22. The molecule has 2 rings (SSSR count). The Kier molecular flexibility index (Phi) is 2.76. The fourth-order valence-corrected chi connectivity index (χ4v) is 1.52. The van der Waals surface area contributed by atoms with Crippen LogP contribution in [0, 0.1) is 0 Å².